The molecule has 0 aliphatic carbocycles. The highest BCUT2D eigenvalue weighted by Crippen LogP contribution is 2.36. The van der Waals surface area contributed by atoms with Crippen LogP contribution in [0.25, 0.3) is 17.3 Å². The van der Waals surface area contributed by atoms with Crippen molar-refractivity contribution in [2.75, 3.05) is 4.90 Å². The van der Waals surface area contributed by atoms with Crippen LogP contribution < -0.4 is 4.90 Å². The number of nitrogens with zero attached hydrogens (tertiary/aromatic N) is 2. The van der Waals surface area contributed by atoms with Gasteiger partial charge in [0, 0.05) is 15.6 Å². The van der Waals surface area contributed by atoms with Gasteiger partial charge in [0.2, 0.25) is 0 Å². The molecule has 0 unspecified atom stereocenters. The molecule has 0 radical (unpaired) electrons. The number of carbonyl (C=O) groups excluding carboxylic acids is 1. The number of carbonyl (C=O) groups is 1. The minimum absolute atomic E-state index is 0.139. The Morgan fingerprint density at radius 2 is 1.85 bits per heavy atom. The van der Waals surface area contributed by atoms with Crippen LogP contribution in [-0.2, 0) is 4.79 Å². The molecule has 5 nitrogen and oxygen atoms in total. The Kier molecular flexibility index (Phi) is 4.67. The van der Waals surface area contributed by atoms with Gasteiger partial charge in [0.25, 0.3) is 5.91 Å². The Hall–Kier alpha value is -2.71. The van der Waals surface area contributed by atoms with E-state index in [0.29, 0.717) is 21.8 Å². The van der Waals surface area contributed by atoms with Crippen LogP contribution in [0.2, 0.25) is 0 Å². The maximum absolute atomic E-state index is 13.2. The number of anilines is 1. The van der Waals surface area contributed by atoms with E-state index in [9.17, 15) is 9.18 Å². The summed E-state index contributed by atoms with van der Waals surface area (Å²) >= 11 is 4.46. The number of rotatable bonds is 3. The molecule has 1 aromatic heterocycles. The third-order valence-corrected chi connectivity index (χ3v) is 5.41. The van der Waals surface area contributed by atoms with Crippen molar-refractivity contribution in [2.45, 2.75) is 0 Å². The second-order valence-electron chi connectivity index (χ2n) is 5.74. The molecule has 0 saturated carbocycles. The fraction of sp³-hybridized carbons (Fsp3) is 0. The number of nitrogens with one attached hydrogen (secondary N) is 2. The first-order valence-electron chi connectivity index (χ1n) is 7.90. The van der Waals surface area contributed by atoms with Crippen LogP contribution in [0.1, 0.15) is 5.56 Å². The average Bonchev–Trinajstić information content (AvgIpc) is 3.22. The largest absolute Gasteiger partial charge is 0.278 e. The molecule has 8 heteroatoms. The molecular weight excluding hydrogens is 431 g/mol. The van der Waals surface area contributed by atoms with Crippen LogP contribution in [-0.4, -0.2) is 21.3 Å². The molecule has 0 spiro atoms. The Morgan fingerprint density at radius 3 is 2.56 bits per heavy atom. The summed E-state index contributed by atoms with van der Waals surface area (Å²) in [5.74, 6) is -0.586. The minimum atomic E-state index is -0.321. The Labute approximate surface area is 166 Å². The van der Waals surface area contributed by atoms with Gasteiger partial charge in [-0.3, -0.25) is 20.2 Å². The molecule has 2 heterocycles. The topological polar surface area (TPSA) is 72.8 Å². The standard InChI is InChI=1S/C19H12BrFN4OS/c20-13-3-7-15(8-4-13)25-18(26)16(27-19(25)22)9-12-10-23-24-17(12)11-1-5-14(21)6-2-11/h1-10,22H,(H,23,24). The summed E-state index contributed by atoms with van der Waals surface area (Å²) < 4.78 is 14.1. The summed E-state index contributed by atoms with van der Waals surface area (Å²) in [5, 5.41) is 15.2. The summed E-state index contributed by atoms with van der Waals surface area (Å²) in [4.78, 5) is 14.6. The normalized spacial score (nSPS) is 15.8. The summed E-state index contributed by atoms with van der Waals surface area (Å²) in [7, 11) is 0. The van der Waals surface area contributed by atoms with Gasteiger partial charge in [-0.2, -0.15) is 5.10 Å². The van der Waals surface area contributed by atoms with E-state index in [1.165, 1.54) is 17.0 Å². The molecular formula is C19H12BrFN4OS. The number of hydrogen-bond acceptors (Lipinski definition) is 4. The fourth-order valence-corrected chi connectivity index (χ4v) is 3.82. The zero-order valence-corrected chi connectivity index (χ0v) is 16.1. The molecule has 134 valence electrons. The molecule has 3 aromatic rings. The number of thioether (sulfide) groups is 1. The molecule has 1 aliphatic heterocycles. The van der Waals surface area contributed by atoms with Crippen molar-refractivity contribution in [3.63, 3.8) is 0 Å². The second-order valence-corrected chi connectivity index (χ2v) is 7.69. The first-order valence-corrected chi connectivity index (χ1v) is 9.51. The van der Waals surface area contributed by atoms with E-state index in [2.05, 4.69) is 26.1 Å². The molecule has 2 N–H and O–H groups in total. The molecule has 2 aromatic carbocycles. The van der Waals surface area contributed by atoms with Crippen LogP contribution in [0.15, 0.2) is 64.1 Å². The van der Waals surface area contributed by atoms with Gasteiger partial charge in [-0.1, -0.05) is 15.9 Å². The third-order valence-electron chi connectivity index (χ3n) is 4.00. The lowest BCUT2D eigenvalue weighted by molar-refractivity contribution is -0.113. The maximum atomic E-state index is 13.2. The van der Waals surface area contributed by atoms with E-state index in [4.69, 9.17) is 5.41 Å². The van der Waals surface area contributed by atoms with Gasteiger partial charge in [0.1, 0.15) is 5.82 Å². The fourth-order valence-electron chi connectivity index (χ4n) is 2.71. The van der Waals surface area contributed by atoms with E-state index in [1.807, 2.05) is 12.1 Å². The quantitative estimate of drug-likeness (QED) is 0.558. The van der Waals surface area contributed by atoms with E-state index >= 15 is 0 Å². The van der Waals surface area contributed by atoms with E-state index in [0.717, 1.165) is 21.8 Å². The van der Waals surface area contributed by atoms with Gasteiger partial charge in [0.05, 0.1) is 22.5 Å². The highest BCUT2D eigenvalue weighted by Gasteiger charge is 2.33. The predicted octanol–water partition coefficient (Wildman–Crippen LogP) is 5.03. The number of benzene rings is 2. The van der Waals surface area contributed by atoms with Crippen molar-refractivity contribution >= 4 is 50.5 Å². The predicted molar refractivity (Wildman–Crippen MR) is 109 cm³/mol. The Balaban J connectivity index is 1.67. The van der Waals surface area contributed by atoms with E-state index in [1.54, 1.807) is 36.5 Å². The maximum Gasteiger partial charge on any atom is 0.271 e. The lowest BCUT2D eigenvalue weighted by Crippen LogP contribution is -2.27. The summed E-state index contributed by atoms with van der Waals surface area (Å²) in [6.07, 6.45) is 3.30. The van der Waals surface area contributed by atoms with Crippen molar-refractivity contribution in [3.8, 4) is 11.3 Å². The summed E-state index contributed by atoms with van der Waals surface area (Å²) in [6, 6.07) is 13.2. The van der Waals surface area contributed by atoms with Crippen LogP contribution >= 0.6 is 27.7 Å². The number of hydrogen-bond donors (Lipinski definition) is 2. The Bertz CT molecular complexity index is 1060. The zero-order valence-electron chi connectivity index (χ0n) is 13.7. The number of amidine groups is 1. The number of halogens is 2. The molecule has 4 rings (SSSR count). The van der Waals surface area contributed by atoms with Gasteiger partial charge >= 0.3 is 0 Å². The molecule has 1 fully saturated rings. The van der Waals surface area contributed by atoms with E-state index < -0.39 is 0 Å². The number of H-pyrrole nitrogens is 1. The second kappa shape index (κ2) is 7.13. The van der Waals surface area contributed by atoms with Gasteiger partial charge < -0.3 is 0 Å². The molecule has 0 atom stereocenters. The first kappa shape index (κ1) is 17.7. The minimum Gasteiger partial charge on any atom is -0.278 e. The Morgan fingerprint density at radius 1 is 1.15 bits per heavy atom. The van der Waals surface area contributed by atoms with Crippen LogP contribution in [0, 0.1) is 11.2 Å². The average molecular weight is 443 g/mol. The zero-order chi connectivity index (χ0) is 19.0. The van der Waals surface area contributed by atoms with Gasteiger partial charge in [-0.25, -0.2) is 4.39 Å². The number of amides is 1. The van der Waals surface area contributed by atoms with Crippen molar-refractivity contribution in [2.24, 2.45) is 0 Å². The van der Waals surface area contributed by atoms with E-state index in [-0.39, 0.29) is 16.9 Å². The molecule has 0 bridgehead atoms. The molecule has 27 heavy (non-hydrogen) atoms. The number of aromatic nitrogens is 2. The van der Waals surface area contributed by atoms with Crippen molar-refractivity contribution in [1.82, 2.24) is 10.2 Å². The SMILES string of the molecule is N=C1SC(=Cc2cn[nH]c2-c2ccc(F)cc2)C(=O)N1c1ccc(Br)cc1. The summed E-state index contributed by atoms with van der Waals surface area (Å²) in [6.45, 7) is 0. The van der Waals surface area contributed by atoms with Crippen molar-refractivity contribution < 1.29 is 9.18 Å². The number of aromatic amines is 1. The van der Waals surface area contributed by atoms with Gasteiger partial charge in [-0.05, 0) is 66.4 Å². The van der Waals surface area contributed by atoms with Crippen molar-refractivity contribution in [3.05, 3.63) is 75.5 Å². The first-order chi connectivity index (χ1) is 13.0. The van der Waals surface area contributed by atoms with Gasteiger partial charge in [-0.15, -0.1) is 0 Å². The smallest absolute Gasteiger partial charge is 0.271 e. The van der Waals surface area contributed by atoms with Crippen LogP contribution in [0.4, 0.5) is 10.1 Å². The van der Waals surface area contributed by atoms with Crippen LogP contribution in [0.5, 0.6) is 0 Å². The molecule has 1 aliphatic rings. The molecule has 1 amide bonds. The highest BCUT2D eigenvalue weighted by atomic mass is 79.9. The van der Waals surface area contributed by atoms with Crippen molar-refractivity contribution in [1.29, 1.82) is 5.41 Å². The molecule has 1 saturated heterocycles. The lowest BCUT2D eigenvalue weighted by atomic mass is 10.1. The monoisotopic (exact) mass is 442 g/mol. The third kappa shape index (κ3) is 3.45. The van der Waals surface area contributed by atoms with Crippen LogP contribution in [0.3, 0.4) is 0 Å². The lowest BCUT2D eigenvalue weighted by Gasteiger charge is -2.14. The summed E-state index contributed by atoms with van der Waals surface area (Å²) in [5.41, 5.74) is 2.78. The highest BCUT2D eigenvalue weighted by molar-refractivity contribution is 9.10. The van der Waals surface area contributed by atoms with Gasteiger partial charge in [0.15, 0.2) is 5.17 Å².